The van der Waals surface area contributed by atoms with Gasteiger partial charge in [0.25, 0.3) is 0 Å². The molecule has 0 saturated carbocycles. The predicted octanol–water partition coefficient (Wildman–Crippen LogP) is 0.945. The largest absolute Gasteiger partial charge is 0.333 e. The average molecular weight is 385 g/mol. The summed E-state index contributed by atoms with van der Waals surface area (Å²) in [5, 5.41) is 5.70. The van der Waals surface area contributed by atoms with E-state index >= 15 is 0 Å². The molecule has 2 aromatic rings. The fraction of sp³-hybridized carbons (Fsp3) is 0.333. The van der Waals surface area contributed by atoms with Gasteiger partial charge >= 0.3 is 6.03 Å². The number of quaternary nitrogens is 1. The van der Waals surface area contributed by atoms with Crippen LogP contribution in [0.1, 0.15) is 12.0 Å². The molecule has 1 heterocycles. The minimum atomic E-state index is -0.344. The van der Waals surface area contributed by atoms with Crippen molar-refractivity contribution in [1.29, 1.82) is 0 Å². The van der Waals surface area contributed by atoms with Crippen LogP contribution < -0.4 is 20.4 Å². The van der Waals surface area contributed by atoms with Crippen LogP contribution in [0.25, 0.3) is 0 Å². The van der Waals surface area contributed by atoms with E-state index in [1.165, 1.54) is 22.6 Å². The molecule has 0 spiro atoms. The molecule has 3 amide bonds. The number of amides is 3. The number of nitrogens with one attached hydrogen (secondary N) is 3. The highest BCUT2D eigenvalue weighted by Gasteiger charge is 2.31. The van der Waals surface area contributed by atoms with Crippen LogP contribution in [0.4, 0.5) is 14.9 Å². The molecular formula is C21H26FN4O2+. The molecule has 148 valence electrons. The van der Waals surface area contributed by atoms with Gasteiger partial charge in [0.15, 0.2) is 0 Å². The Balaban J connectivity index is 1.39. The lowest BCUT2D eigenvalue weighted by atomic mass is 10.2. The highest BCUT2D eigenvalue weighted by Crippen LogP contribution is 2.21. The summed E-state index contributed by atoms with van der Waals surface area (Å²) in [6.45, 7) is 2.63. The smallest absolute Gasteiger partial charge is 0.315 e. The molecule has 0 bridgehead atoms. The van der Waals surface area contributed by atoms with Crippen LogP contribution >= 0.6 is 0 Å². The highest BCUT2D eigenvalue weighted by molar-refractivity contribution is 5.96. The minimum absolute atomic E-state index is 0.0797. The summed E-state index contributed by atoms with van der Waals surface area (Å²) >= 11 is 0. The first-order valence-electron chi connectivity index (χ1n) is 9.47. The van der Waals surface area contributed by atoms with E-state index in [0.717, 1.165) is 13.1 Å². The molecule has 0 radical (unpaired) electrons. The highest BCUT2D eigenvalue weighted by atomic mass is 19.1. The number of carbonyl (C=O) groups is 2. The van der Waals surface area contributed by atoms with E-state index in [1.807, 2.05) is 18.2 Å². The Hall–Kier alpha value is -2.93. The van der Waals surface area contributed by atoms with Gasteiger partial charge in [0, 0.05) is 24.2 Å². The molecule has 3 N–H and O–H groups in total. The molecule has 28 heavy (non-hydrogen) atoms. The Morgan fingerprint density at radius 1 is 1.18 bits per heavy atom. The maximum Gasteiger partial charge on any atom is 0.315 e. The number of benzene rings is 2. The fourth-order valence-corrected chi connectivity index (χ4v) is 3.33. The number of likely N-dealkylation sites (N-methyl/N-ethyl adjacent to an activating group) is 1. The van der Waals surface area contributed by atoms with Gasteiger partial charge in [0.2, 0.25) is 5.91 Å². The molecule has 1 saturated heterocycles. The Bertz CT molecular complexity index is 798. The van der Waals surface area contributed by atoms with E-state index in [2.05, 4.69) is 29.8 Å². The van der Waals surface area contributed by atoms with E-state index in [4.69, 9.17) is 0 Å². The lowest BCUT2D eigenvalue weighted by Crippen LogP contribution is -3.08. The zero-order chi connectivity index (χ0) is 19.9. The van der Waals surface area contributed by atoms with Gasteiger partial charge in [-0.25, -0.2) is 9.18 Å². The lowest BCUT2D eigenvalue weighted by Gasteiger charge is -2.18. The number of carbonyl (C=O) groups excluding carboxylic acids is 2. The van der Waals surface area contributed by atoms with Crippen molar-refractivity contribution in [2.45, 2.75) is 19.0 Å². The summed E-state index contributed by atoms with van der Waals surface area (Å²) < 4.78 is 13.0. The maximum absolute atomic E-state index is 13.0. The van der Waals surface area contributed by atoms with Crippen LogP contribution in [0.2, 0.25) is 0 Å². The number of hydrogen-bond donors (Lipinski definition) is 3. The van der Waals surface area contributed by atoms with Gasteiger partial charge in [-0.05, 0) is 24.3 Å². The number of nitrogens with zero attached hydrogens (tertiary/aromatic N) is 1. The number of rotatable bonds is 7. The van der Waals surface area contributed by atoms with Crippen molar-refractivity contribution in [1.82, 2.24) is 10.6 Å². The fourth-order valence-electron chi connectivity index (χ4n) is 3.33. The van der Waals surface area contributed by atoms with Gasteiger partial charge in [-0.15, -0.1) is 0 Å². The molecule has 0 aliphatic carbocycles. The van der Waals surface area contributed by atoms with Crippen molar-refractivity contribution in [3.63, 3.8) is 0 Å². The van der Waals surface area contributed by atoms with Crippen LogP contribution in [-0.2, 0) is 11.3 Å². The van der Waals surface area contributed by atoms with Gasteiger partial charge in [-0.3, -0.25) is 4.79 Å². The van der Waals surface area contributed by atoms with E-state index in [1.54, 1.807) is 17.0 Å². The molecule has 1 aliphatic heterocycles. The Morgan fingerprint density at radius 2 is 1.89 bits per heavy atom. The number of hydrogen-bond acceptors (Lipinski definition) is 2. The normalized spacial score (nSPS) is 17.4. The van der Waals surface area contributed by atoms with Gasteiger partial charge in [-0.2, -0.15) is 0 Å². The summed E-state index contributed by atoms with van der Waals surface area (Å²) in [4.78, 5) is 27.2. The third-order valence-electron chi connectivity index (χ3n) is 4.78. The molecule has 2 aromatic carbocycles. The maximum atomic E-state index is 13.0. The first kappa shape index (κ1) is 19.8. The predicted molar refractivity (Wildman–Crippen MR) is 106 cm³/mol. The van der Waals surface area contributed by atoms with E-state index in [0.29, 0.717) is 18.8 Å². The zero-order valence-electron chi connectivity index (χ0n) is 16.0. The quantitative estimate of drug-likeness (QED) is 0.664. The van der Waals surface area contributed by atoms with Crippen LogP contribution in [0.3, 0.4) is 0 Å². The van der Waals surface area contributed by atoms with E-state index < -0.39 is 0 Å². The molecule has 3 rings (SSSR count). The SMILES string of the molecule is C[NH+](CCNC(=O)N[C@@H]1CC(=O)N(c2ccc(F)cc2)C1)Cc1ccccc1. The van der Waals surface area contributed by atoms with Crippen LogP contribution in [0, 0.1) is 5.82 Å². The lowest BCUT2D eigenvalue weighted by molar-refractivity contribution is -0.892. The second-order valence-corrected chi connectivity index (χ2v) is 7.15. The van der Waals surface area contributed by atoms with Crippen molar-refractivity contribution < 1.29 is 18.9 Å². The van der Waals surface area contributed by atoms with Crippen molar-refractivity contribution in [2.75, 3.05) is 31.6 Å². The second-order valence-electron chi connectivity index (χ2n) is 7.15. The van der Waals surface area contributed by atoms with Crippen LogP contribution in [-0.4, -0.2) is 44.7 Å². The van der Waals surface area contributed by atoms with Crippen LogP contribution in [0.5, 0.6) is 0 Å². The first-order valence-corrected chi connectivity index (χ1v) is 9.47. The summed E-state index contributed by atoms with van der Waals surface area (Å²) in [5.41, 5.74) is 1.90. The first-order chi connectivity index (χ1) is 13.5. The van der Waals surface area contributed by atoms with E-state index in [-0.39, 0.29) is 30.2 Å². The Morgan fingerprint density at radius 3 is 2.61 bits per heavy atom. The van der Waals surface area contributed by atoms with Gasteiger partial charge in [0.1, 0.15) is 12.4 Å². The molecule has 1 aliphatic rings. The monoisotopic (exact) mass is 385 g/mol. The molecule has 1 unspecified atom stereocenters. The summed E-state index contributed by atoms with van der Waals surface area (Å²) in [5.74, 6) is -0.423. The number of halogens is 1. The van der Waals surface area contributed by atoms with Crippen molar-refractivity contribution in [3.8, 4) is 0 Å². The number of anilines is 1. The van der Waals surface area contributed by atoms with Crippen molar-refractivity contribution >= 4 is 17.6 Å². The van der Waals surface area contributed by atoms with Crippen molar-refractivity contribution in [2.24, 2.45) is 0 Å². The third kappa shape index (κ3) is 5.53. The second kappa shape index (κ2) is 9.32. The summed E-state index contributed by atoms with van der Waals surface area (Å²) in [6.07, 6.45) is 0.240. The molecule has 2 atom stereocenters. The molecule has 0 aromatic heterocycles. The van der Waals surface area contributed by atoms with Crippen molar-refractivity contribution in [3.05, 3.63) is 66.0 Å². The zero-order valence-corrected chi connectivity index (χ0v) is 16.0. The van der Waals surface area contributed by atoms with Gasteiger partial charge in [0.05, 0.1) is 26.2 Å². The number of urea groups is 1. The van der Waals surface area contributed by atoms with E-state index in [9.17, 15) is 14.0 Å². The summed E-state index contributed by atoms with van der Waals surface area (Å²) in [7, 11) is 2.09. The topological polar surface area (TPSA) is 65.9 Å². The Kier molecular flexibility index (Phi) is 6.60. The summed E-state index contributed by atoms with van der Waals surface area (Å²) in [6, 6.07) is 15.5. The molecule has 6 nitrogen and oxygen atoms in total. The van der Waals surface area contributed by atoms with Gasteiger partial charge in [-0.1, -0.05) is 30.3 Å². The van der Waals surface area contributed by atoms with Gasteiger partial charge < -0.3 is 20.4 Å². The Labute approximate surface area is 164 Å². The standard InChI is InChI=1S/C21H25FN4O2/c1-25(14-16-5-3-2-4-6-16)12-11-23-21(28)24-18-13-20(27)26(15-18)19-9-7-17(22)8-10-19/h2-10,18H,11-15H2,1H3,(H2,23,24,28)/p+1/t18-/m1/s1. The third-order valence-corrected chi connectivity index (χ3v) is 4.78. The van der Waals surface area contributed by atoms with Crippen LogP contribution in [0.15, 0.2) is 54.6 Å². The average Bonchev–Trinajstić information content (AvgIpc) is 3.03. The molecular weight excluding hydrogens is 359 g/mol. The molecule has 1 fully saturated rings. The molecule has 7 heteroatoms. The minimum Gasteiger partial charge on any atom is -0.333 e.